The average molecular weight is 792 g/mol. The fraction of sp³-hybridized carbons (Fsp3) is 0.0492. The number of fused-ring (bicyclic) bond motifs is 4. The summed E-state index contributed by atoms with van der Waals surface area (Å²) >= 11 is 0. The Morgan fingerprint density at radius 3 is 1.23 bits per heavy atom. The third-order valence-corrected chi connectivity index (χ3v) is 12.9. The molecular weight excluding hydrogens is 747 g/mol. The smallest absolute Gasteiger partial charge is 0.0462 e. The van der Waals surface area contributed by atoms with Gasteiger partial charge >= 0.3 is 0 Å². The van der Waals surface area contributed by atoms with Gasteiger partial charge in [-0.25, -0.2) is 0 Å². The number of hydrogen-bond acceptors (Lipinski definition) is 1. The Hall–Kier alpha value is -7.74. The van der Waals surface area contributed by atoms with Crippen LogP contribution in [0.3, 0.4) is 0 Å². The molecule has 0 aromatic heterocycles. The van der Waals surface area contributed by atoms with Crippen molar-refractivity contribution in [3.8, 4) is 66.8 Å². The number of anilines is 3. The summed E-state index contributed by atoms with van der Waals surface area (Å²) in [6.45, 7) is 4.69. The molecule has 10 aromatic carbocycles. The van der Waals surface area contributed by atoms with Crippen molar-refractivity contribution in [2.24, 2.45) is 0 Å². The molecule has 1 aliphatic rings. The Kier molecular flexibility index (Phi) is 9.24. The number of nitrogens with zero attached hydrogens (tertiary/aromatic N) is 1. The van der Waals surface area contributed by atoms with Crippen LogP contribution in [0.1, 0.15) is 25.0 Å². The fourth-order valence-electron chi connectivity index (χ4n) is 9.55. The van der Waals surface area contributed by atoms with Crippen LogP contribution < -0.4 is 4.90 Å². The minimum atomic E-state index is -0.0415. The van der Waals surface area contributed by atoms with E-state index in [1.807, 2.05) is 0 Å². The summed E-state index contributed by atoms with van der Waals surface area (Å²) in [5, 5.41) is 2.52. The molecule has 294 valence electrons. The van der Waals surface area contributed by atoms with Crippen molar-refractivity contribution in [3.05, 3.63) is 248 Å². The molecule has 10 aromatic rings. The van der Waals surface area contributed by atoms with Crippen molar-refractivity contribution < 1.29 is 0 Å². The molecule has 0 radical (unpaired) electrons. The molecule has 0 N–H and O–H groups in total. The van der Waals surface area contributed by atoms with Crippen LogP contribution in [0.25, 0.3) is 77.5 Å². The second-order valence-corrected chi connectivity index (χ2v) is 17.0. The van der Waals surface area contributed by atoms with Crippen molar-refractivity contribution in [1.82, 2.24) is 0 Å². The highest BCUT2D eigenvalue weighted by Gasteiger charge is 2.36. The first-order valence-corrected chi connectivity index (χ1v) is 21.6. The van der Waals surface area contributed by atoms with Gasteiger partial charge in [-0.15, -0.1) is 0 Å². The first-order valence-electron chi connectivity index (χ1n) is 21.6. The minimum absolute atomic E-state index is 0.0415. The Bertz CT molecular complexity index is 3190. The molecule has 0 unspecified atom stereocenters. The third-order valence-electron chi connectivity index (χ3n) is 12.9. The lowest BCUT2D eigenvalue weighted by molar-refractivity contribution is 0.660. The summed E-state index contributed by atoms with van der Waals surface area (Å²) < 4.78 is 0. The van der Waals surface area contributed by atoms with Crippen molar-refractivity contribution in [2.45, 2.75) is 19.3 Å². The summed E-state index contributed by atoms with van der Waals surface area (Å²) in [7, 11) is 0. The second kappa shape index (κ2) is 15.4. The molecule has 0 fully saturated rings. The molecule has 1 heteroatoms. The maximum atomic E-state index is 2.37. The molecule has 0 saturated carbocycles. The quantitative estimate of drug-likeness (QED) is 0.148. The molecule has 0 aliphatic heterocycles. The van der Waals surface area contributed by atoms with E-state index in [0.29, 0.717) is 0 Å². The SMILES string of the molecule is CC1(C)c2ccccc2-c2c(-c3ccc(N(c4ccc(-c5ccc(-c6ccccc6)cc5)cc4)c4ccc(-c5ccc(-c6ccc7ccccc7c6)cc5)cc4)cc3)cccc21. The predicted octanol–water partition coefficient (Wildman–Crippen LogP) is 17.0. The summed E-state index contributed by atoms with van der Waals surface area (Å²) in [6.07, 6.45) is 0. The molecule has 0 atom stereocenters. The summed E-state index contributed by atoms with van der Waals surface area (Å²) in [5.41, 5.74) is 20.9. The van der Waals surface area contributed by atoms with Gasteiger partial charge in [0.25, 0.3) is 0 Å². The van der Waals surface area contributed by atoms with Gasteiger partial charge in [-0.3, -0.25) is 0 Å². The van der Waals surface area contributed by atoms with Crippen LogP contribution >= 0.6 is 0 Å². The molecule has 1 nitrogen and oxygen atoms in total. The second-order valence-electron chi connectivity index (χ2n) is 17.0. The monoisotopic (exact) mass is 791 g/mol. The fourth-order valence-corrected chi connectivity index (χ4v) is 9.55. The molecule has 11 rings (SSSR count). The van der Waals surface area contributed by atoms with Gasteiger partial charge in [0.15, 0.2) is 0 Å². The van der Waals surface area contributed by atoms with Crippen LogP contribution in [-0.2, 0) is 5.41 Å². The van der Waals surface area contributed by atoms with E-state index >= 15 is 0 Å². The van der Waals surface area contributed by atoms with Crippen molar-refractivity contribution in [3.63, 3.8) is 0 Å². The lowest BCUT2D eigenvalue weighted by Crippen LogP contribution is -2.14. The molecule has 0 amide bonds. The number of hydrogen-bond donors (Lipinski definition) is 0. The van der Waals surface area contributed by atoms with Crippen molar-refractivity contribution in [1.29, 1.82) is 0 Å². The van der Waals surface area contributed by atoms with E-state index in [9.17, 15) is 0 Å². The van der Waals surface area contributed by atoms with E-state index < -0.39 is 0 Å². The molecule has 62 heavy (non-hydrogen) atoms. The third kappa shape index (κ3) is 6.69. The van der Waals surface area contributed by atoms with Crippen LogP contribution in [0.15, 0.2) is 237 Å². The van der Waals surface area contributed by atoms with Gasteiger partial charge in [-0.1, -0.05) is 208 Å². The Labute approximate surface area is 364 Å². The zero-order valence-electron chi connectivity index (χ0n) is 35.0. The van der Waals surface area contributed by atoms with Crippen LogP contribution in [0.2, 0.25) is 0 Å². The normalized spacial score (nSPS) is 12.5. The van der Waals surface area contributed by atoms with Gasteiger partial charge in [-0.05, 0) is 131 Å². The summed E-state index contributed by atoms with van der Waals surface area (Å²) in [5.74, 6) is 0. The Balaban J connectivity index is 0.928. The predicted molar refractivity (Wildman–Crippen MR) is 263 cm³/mol. The number of rotatable bonds is 8. The van der Waals surface area contributed by atoms with Gasteiger partial charge in [0.05, 0.1) is 0 Å². The number of benzene rings is 10. The van der Waals surface area contributed by atoms with Crippen LogP contribution in [0.5, 0.6) is 0 Å². The molecular formula is C61H45N. The molecule has 1 aliphatic carbocycles. The van der Waals surface area contributed by atoms with E-state index in [4.69, 9.17) is 0 Å². The Morgan fingerprint density at radius 2 is 0.661 bits per heavy atom. The largest absolute Gasteiger partial charge is 0.311 e. The van der Waals surface area contributed by atoms with Gasteiger partial charge in [0.2, 0.25) is 0 Å². The van der Waals surface area contributed by atoms with Gasteiger partial charge in [0, 0.05) is 22.5 Å². The van der Waals surface area contributed by atoms with Crippen LogP contribution in [0.4, 0.5) is 17.1 Å². The zero-order valence-corrected chi connectivity index (χ0v) is 35.0. The van der Waals surface area contributed by atoms with Crippen molar-refractivity contribution >= 4 is 27.8 Å². The lowest BCUT2D eigenvalue weighted by atomic mass is 9.82. The van der Waals surface area contributed by atoms with E-state index in [2.05, 4.69) is 255 Å². The minimum Gasteiger partial charge on any atom is -0.311 e. The molecule has 0 saturated heterocycles. The topological polar surface area (TPSA) is 3.24 Å². The first-order chi connectivity index (χ1) is 30.5. The highest BCUT2D eigenvalue weighted by molar-refractivity contribution is 5.93. The molecule has 0 spiro atoms. The standard InChI is InChI=1S/C61H45N/c1-61(2)58-17-9-8-15-57(58)60-56(16-10-18-59(60)61)50-33-39-55(40-34-50)62(53-35-29-47(30-36-53)45-21-19-44(20-22-45)42-11-4-3-5-12-42)54-37-31-48(32-38-54)46-23-25-49(26-24-46)52-28-27-43-13-6-7-14-51(43)41-52/h3-41H,1-2H3. The highest BCUT2D eigenvalue weighted by atomic mass is 15.1. The van der Waals surface area contributed by atoms with E-state index in [1.54, 1.807) is 0 Å². The van der Waals surface area contributed by atoms with E-state index in [1.165, 1.54) is 88.7 Å². The van der Waals surface area contributed by atoms with E-state index in [-0.39, 0.29) is 5.41 Å². The lowest BCUT2D eigenvalue weighted by Gasteiger charge is -2.26. The average Bonchev–Trinajstić information content (AvgIpc) is 3.58. The van der Waals surface area contributed by atoms with E-state index in [0.717, 1.165) is 17.1 Å². The highest BCUT2D eigenvalue weighted by Crippen LogP contribution is 2.52. The van der Waals surface area contributed by atoms with Gasteiger partial charge in [-0.2, -0.15) is 0 Å². The van der Waals surface area contributed by atoms with Crippen LogP contribution in [0, 0.1) is 0 Å². The summed E-state index contributed by atoms with van der Waals surface area (Å²) in [6, 6.07) is 86.4. The summed E-state index contributed by atoms with van der Waals surface area (Å²) in [4.78, 5) is 2.37. The van der Waals surface area contributed by atoms with Crippen molar-refractivity contribution in [2.75, 3.05) is 4.90 Å². The van der Waals surface area contributed by atoms with Gasteiger partial charge < -0.3 is 4.90 Å². The first kappa shape index (κ1) is 37.3. The van der Waals surface area contributed by atoms with Gasteiger partial charge in [0.1, 0.15) is 0 Å². The van der Waals surface area contributed by atoms with Crippen LogP contribution in [-0.4, -0.2) is 0 Å². The maximum Gasteiger partial charge on any atom is 0.0462 e. The zero-order chi connectivity index (χ0) is 41.6. The maximum absolute atomic E-state index is 2.37. The Morgan fingerprint density at radius 1 is 0.274 bits per heavy atom. The molecule has 0 heterocycles. The molecule has 0 bridgehead atoms.